The topological polar surface area (TPSA) is 0 Å². The summed E-state index contributed by atoms with van der Waals surface area (Å²) in [5.41, 5.74) is 0. The predicted molar refractivity (Wildman–Crippen MR) is 69.0 cm³/mol. The van der Waals surface area contributed by atoms with Crippen LogP contribution < -0.4 is 0 Å². The summed E-state index contributed by atoms with van der Waals surface area (Å²) >= 11 is 0. The third kappa shape index (κ3) is 5.04. The summed E-state index contributed by atoms with van der Waals surface area (Å²) in [5.74, 6) is 4.12. The van der Waals surface area contributed by atoms with Crippen molar-refractivity contribution in [3.05, 3.63) is 0 Å². The molecule has 0 radical (unpaired) electrons. The average molecular weight is 210 g/mol. The molecule has 1 rings (SSSR count). The molecule has 0 N–H and O–H groups in total. The predicted octanol–water partition coefficient (Wildman–Crippen LogP) is 5.28. The summed E-state index contributed by atoms with van der Waals surface area (Å²) in [7, 11) is 0. The van der Waals surface area contributed by atoms with Crippen LogP contribution in [-0.4, -0.2) is 0 Å². The lowest BCUT2D eigenvalue weighted by Crippen LogP contribution is -2.06. The van der Waals surface area contributed by atoms with Gasteiger partial charge in [-0.05, 0) is 42.9 Å². The van der Waals surface area contributed by atoms with Gasteiger partial charge in [-0.25, -0.2) is 0 Å². The van der Waals surface area contributed by atoms with Crippen LogP contribution in [0.5, 0.6) is 0 Å². The van der Waals surface area contributed by atoms with Crippen LogP contribution in [0.15, 0.2) is 0 Å². The van der Waals surface area contributed by atoms with E-state index in [4.69, 9.17) is 0 Å². The highest BCUT2D eigenvalue weighted by Crippen LogP contribution is 2.42. The Hall–Kier alpha value is 0. The molecule has 0 amide bonds. The van der Waals surface area contributed by atoms with Crippen LogP contribution >= 0.6 is 0 Å². The molecular formula is C15H30. The van der Waals surface area contributed by atoms with Crippen molar-refractivity contribution < 1.29 is 0 Å². The minimum Gasteiger partial charge on any atom is -0.0654 e. The second kappa shape index (κ2) is 6.55. The van der Waals surface area contributed by atoms with Crippen LogP contribution in [0.2, 0.25) is 0 Å². The van der Waals surface area contributed by atoms with Crippen LogP contribution in [0.1, 0.15) is 72.6 Å². The van der Waals surface area contributed by atoms with E-state index in [1.54, 1.807) is 0 Å². The van der Waals surface area contributed by atoms with Gasteiger partial charge in [-0.2, -0.15) is 0 Å². The van der Waals surface area contributed by atoms with Crippen molar-refractivity contribution >= 4 is 0 Å². The van der Waals surface area contributed by atoms with Gasteiger partial charge >= 0.3 is 0 Å². The molecule has 0 saturated heterocycles. The summed E-state index contributed by atoms with van der Waals surface area (Å²) in [4.78, 5) is 0. The first kappa shape index (κ1) is 13.1. The molecule has 0 nitrogen and oxygen atoms in total. The van der Waals surface area contributed by atoms with E-state index >= 15 is 0 Å². The lowest BCUT2D eigenvalue weighted by atomic mass is 9.87. The van der Waals surface area contributed by atoms with Gasteiger partial charge in [0, 0.05) is 0 Å². The minimum atomic E-state index is 0.955. The van der Waals surface area contributed by atoms with Crippen LogP contribution in [0, 0.1) is 23.7 Å². The fourth-order valence-electron chi connectivity index (χ4n) is 2.92. The quantitative estimate of drug-likeness (QED) is 0.511. The minimum absolute atomic E-state index is 0.955. The molecule has 90 valence electrons. The van der Waals surface area contributed by atoms with Gasteiger partial charge in [-0.1, -0.05) is 53.4 Å². The van der Waals surface area contributed by atoms with E-state index in [2.05, 4.69) is 27.7 Å². The normalized spacial score (nSPS) is 28.8. The Morgan fingerprint density at radius 3 is 2.33 bits per heavy atom. The standard InChI is InChI=1S/C15H30/c1-5-7-12(3)10-14(6-2)8-9-15-11-13(15)4/h12-15H,5-11H2,1-4H3. The van der Waals surface area contributed by atoms with Gasteiger partial charge in [0.1, 0.15) is 0 Å². The molecule has 0 spiro atoms. The Balaban J connectivity index is 2.11. The zero-order valence-electron chi connectivity index (χ0n) is 11.3. The monoisotopic (exact) mass is 210 g/mol. The first-order valence-corrected chi connectivity index (χ1v) is 7.17. The highest BCUT2D eigenvalue weighted by atomic mass is 14.4. The molecule has 0 aromatic carbocycles. The second-order valence-corrected chi connectivity index (χ2v) is 5.95. The van der Waals surface area contributed by atoms with Crippen molar-refractivity contribution in [3.63, 3.8) is 0 Å². The first-order valence-electron chi connectivity index (χ1n) is 7.17. The van der Waals surface area contributed by atoms with Gasteiger partial charge in [-0.15, -0.1) is 0 Å². The SMILES string of the molecule is CCCC(C)CC(CC)CCC1CC1C. The first-order chi connectivity index (χ1) is 7.17. The van der Waals surface area contributed by atoms with Crippen molar-refractivity contribution in [2.45, 2.75) is 72.6 Å². The van der Waals surface area contributed by atoms with Crippen molar-refractivity contribution in [2.75, 3.05) is 0 Å². The van der Waals surface area contributed by atoms with E-state index in [0.717, 1.165) is 23.7 Å². The maximum Gasteiger partial charge on any atom is -0.0386 e. The number of hydrogen-bond donors (Lipinski definition) is 0. The molecular weight excluding hydrogens is 180 g/mol. The van der Waals surface area contributed by atoms with Crippen LogP contribution in [0.4, 0.5) is 0 Å². The molecule has 0 aromatic heterocycles. The molecule has 0 heteroatoms. The lowest BCUT2D eigenvalue weighted by molar-refractivity contribution is 0.332. The molecule has 0 aromatic rings. The lowest BCUT2D eigenvalue weighted by Gasteiger charge is -2.19. The summed E-state index contributed by atoms with van der Waals surface area (Å²) < 4.78 is 0. The second-order valence-electron chi connectivity index (χ2n) is 5.95. The highest BCUT2D eigenvalue weighted by molar-refractivity contribution is 4.82. The van der Waals surface area contributed by atoms with Crippen molar-refractivity contribution in [1.82, 2.24) is 0 Å². The smallest absolute Gasteiger partial charge is 0.0386 e. The van der Waals surface area contributed by atoms with Crippen molar-refractivity contribution in [3.8, 4) is 0 Å². The summed E-state index contributed by atoms with van der Waals surface area (Å²) in [6.07, 6.45) is 10.2. The summed E-state index contributed by atoms with van der Waals surface area (Å²) in [6.45, 7) is 9.53. The summed E-state index contributed by atoms with van der Waals surface area (Å²) in [5, 5.41) is 0. The molecule has 1 fully saturated rings. The maximum absolute atomic E-state index is 2.44. The fraction of sp³-hybridized carbons (Fsp3) is 1.00. The zero-order valence-corrected chi connectivity index (χ0v) is 11.3. The molecule has 1 aliphatic carbocycles. The fourth-order valence-corrected chi connectivity index (χ4v) is 2.92. The Kier molecular flexibility index (Phi) is 5.71. The molecule has 1 saturated carbocycles. The van der Waals surface area contributed by atoms with E-state index in [1.165, 1.54) is 44.9 Å². The van der Waals surface area contributed by atoms with Crippen LogP contribution in [-0.2, 0) is 0 Å². The molecule has 4 unspecified atom stereocenters. The van der Waals surface area contributed by atoms with E-state index in [0.29, 0.717) is 0 Å². The average Bonchev–Trinajstić information content (AvgIpc) is 2.89. The van der Waals surface area contributed by atoms with Gasteiger partial charge < -0.3 is 0 Å². The largest absolute Gasteiger partial charge is 0.0654 e. The van der Waals surface area contributed by atoms with Gasteiger partial charge in [0.25, 0.3) is 0 Å². The van der Waals surface area contributed by atoms with Gasteiger partial charge in [0.2, 0.25) is 0 Å². The Labute approximate surface area is 96.8 Å². The van der Waals surface area contributed by atoms with E-state index in [9.17, 15) is 0 Å². The number of rotatable bonds is 8. The number of hydrogen-bond acceptors (Lipinski definition) is 0. The van der Waals surface area contributed by atoms with E-state index in [1.807, 2.05) is 0 Å². The molecule has 0 bridgehead atoms. The molecule has 4 atom stereocenters. The maximum atomic E-state index is 2.44. The zero-order chi connectivity index (χ0) is 11.3. The van der Waals surface area contributed by atoms with E-state index in [-0.39, 0.29) is 0 Å². The Morgan fingerprint density at radius 2 is 1.87 bits per heavy atom. The van der Waals surface area contributed by atoms with Crippen molar-refractivity contribution in [1.29, 1.82) is 0 Å². The Bertz CT molecular complexity index is 161. The van der Waals surface area contributed by atoms with Crippen LogP contribution in [0.25, 0.3) is 0 Å². The molecule has 1 aliphatic rings. The molecule has 0 heterocycles. The van der Waals surface area contributed by atoms with Crippen molar-refractivity contribution in [2.24, 2.45) is 23.7 Å². The third-order valence-electron chi connectivity index (χ3n) is 4.32. The Morgan fingerprint density at radius 1 is 1.20 bits per heavy atom. The van der Waals surface area contributed by atoms with Crippen LogP contribution in [0.3, 0.4) is 0 Å². The van der Waals surface area contributed by atoms with Gasteiger partial charge in [0.05, 0.1) is 0 Å². The molecule has 15 heavy (non-hydrogen) atoms. The van der Waals surface area contributed by atoms with E-state index < -0.39 is 0 Å². The highest BCUT2D eigenvalue weighted by Gasteiger charge is 2.32. The molecule has 0 aliphatic heterocycles. The summed E-state index contributed by atoms with van der Waals surface area (Å²) in [6, 6.07) is 0. The third-order valence-corrected chi connectivity index (χ3v) is 4.32. The van der Waals surface area contributed by atoms with Gasteiger partial charge in [0.15, 0.2) is 0 Å². The van der Waals surface area contributed by atoms with Gasteiger partial charge in [-0.3, -0.25) is 0 Å².